The van der Waals surface area contributed by atoms with Crippen LogP contribution in [-0.2, 0) is 11.8 Å². The lowest BCUT2D eigenvalue weighted by Gasteiger charge is -2.14. The minimum Gasteiger partial charge on any atom is -0.346 e. The van der Waals surface area contributed by atoms with E-state index in [0.717, 1.165) is 0 Å². The number of halogens is 2. The number of rotatable bonds is 7. The summed E-state index contributed by atoms with van der Waals surface area (Å²) in [5.41, 5.74) is 1.23. The highest BCUT2D eigenvalue weighted by molar-refractivity contribution is 6.44. The van der Waals surface area contributed by atoms with Crippen molar-refractivity contribution in [2.24, 2.45) is 7.05 Å². The van der Waals surface area contributed by atoms with Crippen LogP contribution in [-0.4, -0.2) is 28.2 Å². The molecule has 2 rings (SSSR count). The van der Waals surface area contributed by atoms with E-state index in [9.17, 15) is 18.8 Å². The molecule has 0 spiro atoms. The predicted octanol–water partition coefficient (Wildman–Crippen LogP) is 4.17. The van der Waals surface area contributed by atoms with Gasteiger partial charge in [0, 0.05) is 18.8 Å². The summed E-state index contributed by atoms with van der Waals surface area (Å²) in [5.74, 6) is -2.42. The number of carbonyl (C=O) groups excluding carboxylic acids is 3. The molecule has 156 valence electrons. The van der Waals surface area contributed by atoms with E-state index in [0.29, 0.717) is 29.7 Å². The van der Waals surface area contributed by atoms with Crippen LogP contribution in [0.2, 0.25) is 5.15 Å². The molecule has 0 aliphatic rings. The van der Waals surface area contributed by atoms with Crippen molar-refractivity contribution in [2.75, 3.05) is 5.32 Å². The number of nitrogens with one attached hydrogen (secondary N) is 2. The fraction of sp³-hybridized carbons (Fsp3) is 0.381. The van der Waals surface area contributed by atoms with Crippen LogP contribution in [0.15, 0.2) is 18.2 Å². The third kappa shape index (κ3) is 4.67. The van der Waals surface area contributed by atoms with Crippen LogP contribution in [0.5, 0.6) is 0 Å². The van der Waals surface area contributed by atoms with Crippen molar-refractivity contribution in [3.8, 4) is 0 Å². The molecule has 1 aromatic heterocycles. The van der Waals surface area contributed by atoms with Crippen molar-refractivity contribution >= 4 is 34.9 Å². The summed E-state index contributed by atoms with van der Waals surface area (Å²) in [6.07, 6.45) is 1.40. The lowest BCUT2D eigenvalue weighted by Crippen LogP contribution is -2.39. The molecule has 0 saturated heterocycles. The lowest BCUT2D eigenvalue weighted by atomic mass is 10.1. The number of hydrogen-bond donors (Lipinski definition) is 2. The molecule has 6 nitrogen and oxygen atoms in total. The van der Waals surface area contributed by atoms with E-state index in [4.69, 9.17) is 11.6 Å². The Morgan fingerprint density at radius 3 is 2.34 bits per heavy atom. The molecule has 0 bridgehead atoms. The van der Waals surface area contributed by atoms with Gasteiger partial charge in [0.25, 0.3) is 17.6 Å². The molecule has 2 amide bonds. The Bertz CT molecular complexity index is 965. The highest BCUT2D eigenvalue weighted by Crippen LogP contribution is 2.28. The van der Waals surface area contributed by atoms with Crippen molar-refractivity contribution in [3.05, 3.63) is 51.6 Å². The summed E-state index contributed by atoms with van der Waals surface area (Å²) in [6.45, 7) is 6.99. The summed E-state index contributed by atoms with van der Waals surface area (Å²) in [5, 5.41) is 5.39. The third-order valence-corrected chi connectivity index (χ3v) is 5.39. The average Bonchev–Trinajstić information content (AvgIpc) is 2.90. The fourth-order valence-corrected chi connectivity index (χ4v) is 3.46. The first-order chi connectivity index (χ1) is 13.6. The van der Waals surface area contributed by atoms with Gasteiger partial charge in [0.1, 0.15) is 11.0 Å². The molecule has 0 radical (unpaired) electrons. The van der Waals surface area contributed by atoms with Crippen molar-refractivity contribution < 1.29 is 18.8 Å². The van der Waals surface area contributed by atoms with Gasteiger partial charge in [-0.1, -0.05) is 25.4 Å². The Morgan fingerprint density at radius 2 is 1.79 bits per heavy atom. The Balaban J connectivity index is 2.33. The first kappa shape index (κ1) is 22.6. The number of Topliss-reactive ketones (excluding diaryl/α,β-unsaturated/α-hetero) is 1. The molecule has 0 unspecified atom stereocenters. The summed E-state index contributed by atoms with van der Waals surface area (Å²) >= 11 is 6.30. The fourth-order valence-electron chi connectivity index (χ4n) is 3.14. The highest BCUT2D eigenvalue weighted by Gasteiger charge is 2.30. The van der Waals surface area contributed by atoms with Crippen LogP contribution in [0, 0.1) is 19.7 Å². The summed E-state index contributed by atoms with van der Waals surface area (Å²) in [6, 6.07) is 4.07. The number of amides is 2. The number of aryl methyl sites for hydroxylation is 1. The standard InChI is InChI=1S/C21H25ClFN3O3/c1-6-13(7-2)24-21(29)18(27)17-12(4)16(19(22)26(17)5)20(28)25-14-8-9-15(23)11(3)10-14/h8-10,13H,6-7H2,1-5H3,(H,24,29)(H,25,28). The first-order valence-electron chi connectivity index (χ1n) is 9.39. The molecule has 8 heteroatoms. The van der Waals surface area contributed by atoms with E-state index >= 15 is 0 Å². The van der Waals surface area contributed by atoms with Gasteiger partial charge in [-0.3, -0.25) is 14.4 Å². The molecule has 0 aliphatic heterocycles. The number of ketones is 1. The molecule has 2 aromatic rings. The van der Waals surface area contributed by atoms with Crippen LogP contribution in [0.1, 0.15) is 58.7 Å². The summed E-state index contributed by atoms with van der Waals surface area (Å²) < 4.78 is 14.8. The van der Waals surface area contributed by atoms with Gasteiger partial charge in [-0.25, -0.2) is 4.39 Å². The zero-order chi connectivity index (χ0) is 21.9. The Kier molecular flexibility index (Phi) is 7.19. The zero-order valence-corrected chi connectivity index (χ0v) is 17.9. The van der Waals surface area contributed by atoms with Gasteiger partial charge in [-0.15, -0.1) is 0 Å². The second kappa shape index (κ2) is 9.22. The van der Waals surface area contributed by atoms with E-state index in [1.807, 2.05) is 13.8 Å². The van der Waals surface area contributed by atoms with Gasteiger partial charge < -0.3 is 15.2 Å². The van der Waals surface area contributed by atoms with Crippen molar-refractivity contribution in [3.63, 3.8) is 0 Å². The number of carbonyl (C=O) groups is 3. The Morgan fingerprint density at radius 1 is 1.17 bits per heavy atom. The second-order valence-electron chi connectivity index (χ2n) is 6.93. The maximum absolute atomic E-state index is 13.4. The van der Waals surface area contributed by atoms with Crippen LogP contribution in [0.4, 0.5) is 10.1 Å². The molecule has 0 atom stereocenters. The Labute approximate surface area is 174 Å². The molecule has 29 heavy (non-hydrogen) atoms. The lowest BCUT2D eigenvalue weighted by molar-refractivity contribution is -0.117. The third-order valence-electron chi connectivity index (χ3n) is 4.95. The van der Waals surface area contributed by atoms with E-state index in [1.165, 1.54) is 29.8 Å². The summed E-state index contributed by atoms with van der Waals surface area (Å²) in [7, 11) is 1.52. The molecular formula is C21H25ClFN3O3. The van der Waals surface area contributed by atoms with Crippen LogP contribution < -0.4 is 10.6 Å². The number of nitrogens with zero attached hydrogens (tertiary/aromatic N) is 1. The minimum absolute atomic E-state index is 0.0394. The van der Waals surface area contributed by atoms with Crippen molar-refractivity contribution in [1.29, 1.82) is 0 Å². The number of hydrogen-bond acceptors (Lipinski definition) is 3. The minimum atomic E-state index is -0.754. The van der Waals surface area contributed by atoms with Crippen molar-refractivity contribution in [2.45, 2.75) is 46.6 Å². The normalized spacial score (nSPS) is 10.9. The van der Waals surface area contributed by atoms with Gasteiger partial charge in [0.15, 0.2) is 0 Å². The quantitative estimate of drug-likeness (QED) is 0.520. The zero-order valence-electron chi connectivity index (χ0n) is 17.2. The molecule has 1 aromatic carbocycles. The first-order valence-corrected chi connectivity index (χ1v) is 9.77. The van der Waals surface area contributed by atoms with E-state index in [-0.39, 0.29) is 28.3 Å². The molecule has 0 fully saturated rings. The van der Waals surface area contributed by atoms with E-state index in [2.05, 4.69) is 10.6 Å². The Hall–Kier alpha value is -2.67. The van der Waals surface area contributed by atoms with Gasteiger partial charge >= 0.3 is 0 Å². The molecule has 0 saturated carbocycles. The number of benzene rings is 1. The van der Waals surface area contributed by atoms with E-state index in [1.54, 1.807) is 13.8 Å². The topological polar surface area (TPSA) is 80.2 Å². The largest absolute Gasteiger partial charge is 0.346 e. The van der Waals surface area contributed by atoms with Crippen molar-refractivity contribution in [1.82, 2.24) is 9.88 Å². The van der Waals surface area contributed by atoms with Gasteiger partial charge in [0.2, 0.25) is 0 Å². The van der Waals surface area contributed by atoms with Crippen LogP contribution in [0.3, 0.4) is 0 Å². The van der Waals surface area contributed by atoms with Gasteiger partial charge in [-0.05, 0) is 56.0 Å². The maximum atomic E-state index is 13.4. The predicted molar refractivity (Wildman–Crippen MR) is 111 cm³/mol. The number of aromatic nitrogens is 1. The number of anilines is 1. The van der Waals surface area contributed by atoms with Crippen LogP contribution in [0.25, 0.3) is 0 Å². The highest BCUT2D eigenvalue weighted by atomic mass is 35.5. The van der Waals surface area contributed by atoms with Crippen LogP contribution >= 0.6 is 11.6 Å². The molecule has 1 heterocycles. The maximum Gasteiger partial charge on any atom is 0.294 e. The molecule has 0 aliphatic carbocycles. The SMILES string of the molecule is CCC(CC)NC(=O)C(=O)c1c(C)c(C(=O)Nc2ccc(F)c(C)c2)c(Cl)n1C. The van der Waals surface area contributed by atoms with Gasteiger partial charge in [0.05, 0.1) is 11.3 Å². The average molecular weight is 422 g/mol. The molecular weight excluding hydrogens is 397 g/mol. The second-order valence-corrected chi connectivity index (χ2v) is 7.29. The van der Waals surface area contributed by atoms with Gasteiger partial charge in [-0.2, -0.15) is 0 Å². The van der Waals surface area contributed by atoms with E-state index < -0.39 is 17.6 Å². The smallest absolute Gasteiger partial charge is 0.294 e. The monoisotopic (exact) mass is 421 g/mol. The summed E-state index contributed by atoms with van der Waals surface area (Å²) in [4.78, 5) is 37.9. The molecule has 2 N–H and O–H groups in total.